The van der Waals surface area contributed by atoms with E-state index < -0.39 is 0 Å². The molecule has 0 aliphatic carbocycles. The molecule has 0 aromatic heterocycles. The molecule has 1 aliphatic rings. The third-order valence-electron chi connectivity index (χ3n) is 5.80. The standard InChI is InChI=1S/C24H32N2O/c1-3-24(27)26(23-14-8-5-9-15-23)20(2)22-13-10-17-25(19-22)18-16-21-11-6-4-7-12-21/h4-9,11-12,14-15,20,22H,3,10,13,16-19H2,1-2H3. The Morgan fingerprint density at radius 3 is 2.44 bits per heavy atom. The Morgan fingerprint density at radius 2 is 1.78 bits per heavy atom. The predicted octanol–water partition coefficient (Wildman–Crippen LogP) is 4.77. The number of rotatable bonds is 7. The number of benzene rings is 2. The van der Waals surface area contributed by atoms with Crippen molar-refractivity contribution in [2.24, 2.45) is 5.92 Å². The van der Waals surface area contributed by atoms with Crippen LogP contribution in [0.15, 0.2) is 60.7 Å². The van der Waals surface area contributed by atoms with E-state index in [1.165, 1.54) is 24.9 Å². The van der Waals surface area contributed by atoms with E-state index >= 15 is 0 Å². The van der Waals surface area contributed by atoms with Crippen LogP contribution >= 0.6 is 0 Å². The quantitative estimate of drug-likeness (QED) is 0.706. The molecule has 3 heteroatoms. The zero-order valence-corrected chi connectivity index (χ0v) is 16.7. The Bertz CT molecular complexity index is 701. The van der Waals surface area contributed by atoms with E-state index in [2.05, 4.69) is 54.3 Å². The number of likely N-dealkylation sites (tertiary alicyclic amines) is 1. The maximum absolute atomic E-state index is 12.7. The van der Waals surface area contributed by atoms with E-state index in [0.717, 1.165) is 25.2 Å². The summed E-state index contributed by atoms with van der Waals surface area (Å²) in [5.74, 6) is 0.736. The van der Waals surface area contributed by atoms with E-state index in [4.69, 9.17) is 0 Å². The molecule has 0 bridgehead atoms. The molecule has 2 atom stereocenters. The molecule has 3 nitrogen and oxygen atoms in total. The van der Waals surface area contributed by atoms with Gasteiger partial charge < -0.3 is 9.80 Å². The Balaban J connectivity index is 1.65. The summed E-state index contributed by atoms with van der Waals surface area (Å²) in [7, 11) is 0. The summed E-state index contributed by atoms with van der Waals surface area (Å²) in [6.45, 7) is 7.53. The van der Waals surface area contributed by atoms with Gasteiger partial charge in [0, 0.05) is 31.2 Å². The average molecular weight is 365 g/mol. The normalized spacial score (nSPS) is 18.8. The van der Waals surface area contributed by atoms with Gasteiger partial charge in [0.05, 0.1) is 0 Å². The Morgan fingerprint density at radius 1 is 1.11 bits per heavy atom. The van der Waals surface area contributed by atoms with Crippen LogP contribution in [0.5, 0.6) is 0 Å². The highest BCUT2D eigenvalue weighted by atomic mass is 16.2. The Hall–Kier alpha value is -2.13. The second-order valence-electron chi connectivity index (χ2n) is 7.63. The lowest BCUT2D eigenvalue weighted by Crippen LogP contribution is -2.49. The smallest absolute Gasteiger partial charge is 0.226 e. The summed E-state index contributed by atoms with van der Waals surface area (Å²) in [5, 5.41) is 0. The first kappa shape index (κ1) is 19.6. The molecule has 0 spiro atoms. The third kappa shape index (κ3) is 5.20. The van der Waals surface area contributed by atoms with Crippen molar-refractivity contribution in [3.63, 3.8) is 0 Å². The lowest BCUT2D eigenvalue weighted by atomic mass is 9.89. The number of hydrogen-bond donors (Lipinski definition) is 0. The molecule has 2 aromatic carbocycles. The van der Waals surface area contributed by atoms with Crippen LogP contribution < -0.4 is 4.90 Å². The summed E-state index contributed by atoms with van der Waals surface area (Å²) >= 11 is 0. The molecule has 1 heterocycles. The van der Waals surface area contributed by atoms with Crippen molar-refractivity contribution in [1.82, 2.24) is 4.90 Å². The van der Waals surface area contributed by atoms with Gasteiger partial charge in [-0.15, -0.1) is 0 Å². The zero-order valence-electron chi connectivity index (χ0n) is 16.7. The molecule has 1 amide bonds. The summed E-state index contributed by atoms with van der Waals surface area (Å²) in [5.41, 5.74) is 2.43. The molecule has 1 saturated heterocycles. The molecule has 2 aromatic rings. The molecule has 144 valence electrons. The fraction of sp³-hybridized carbons (Fsp3) is 0.458. The number of carbonyl (C=O) groups is 1. The first-order valence-corrected chi connectivity index (χ1v) is 10.3. The van der Waals surface area contributed by atoms with E-state index in [9.17, 15) is 4.79 Å². The van der Waals surface area contributed by atoms with Crippen LogP contribution in [0.3, 0.4) is 0 Å². The van der Waals surface area contributed by atoms with Gasteiger partial charge in [-0.05, 0) is 56.3 Å². The molecule has 1 aliphatic heterocycles. The van der Waals surface area contributed by atoms with Crippen LogP contribution in [0.25, 0.3) is 0 Å². The number of amides is 1. The van der Waals surface area contributed by atoms with Crippen molar-refractivity contribution in [1.29, 1.82) is 0 Å². The summed E-state index contributed by atoms with van der Waals surface area (Å²) in [6.07, 6.45) is 4.05. The van der Waals surface area contributed by atoms with Gasteiger partial charge in [-0.3, -0.25) is 4.79 Å². The molecule has 2 unspecified atom stereocenters. The topological polar surface area (TPSA) is 23.6 Å². The van der Waals surface area contributed by atoms with Gasteiger partial charge in [-0.1, -0.05) is 55.5 Å². The summed E-state index contributed by atoms with van der Waals surface area (Å²) in [4.78, 5) is 17.3. The summed E-state index contributed by atoms with van der Waals surface area (Å²) in [6, 6.07) is 21.1. The van der Waals surface area contributed by atoms with Gasteiger partial charge >= 0.3 is 0 Å². The van der Waals surface area contributed by atoms with Gasteiger partial charge in [0.2, 0.25) is 5.91 Å². The van der Waals surface area contributed by atoms with Gasteiger partial charge in [0.25, 0.3) is 0 Å². The number of piperidine rings is 1. The fourth-order valence-electron chi connectivity index (χ4n) is 4.20. The van der Waals surface area contributed by atoms with Crippen molar-refractivity contribution < 1.29 is 4.79 Å². The highest BCUT2D eigenvalue weighted by molar-refractivity contribution is 5.93. The van der Waals surface area contributed by atoms with E-state index in [1.807, 2.05) is 30.0 Å². The molecule has 1 fully saturated rings. The SMILES string of the molecule is CCC(=O)N(c1ccccc1)C(C)C1CCCN(CCc2ccccc2)C1. The van der Waals surface area contributed by atoms with E-state index in [-0.39, 0.29) is 11.9 Å². The van der Waals surface area contributed by atoms with Gasteiger partial charge in [0.1, 0.15) is 0 Å². The van der Waals surface area contributed by atoms with Crippen LogP contribution in [0.4, 0.5) is 5.69 Å². The summed E-state index contributed by atoms with van der Waals surface area (Å²) < 4.78 is 0. The zero-order chi connectivity index (χ0) is 19.1. The maximum atomic E-state index is 12.7. The van der Waals surface area contributed by atoms with Crippen LogP contribution in [-0.2, 0) is 11.2 Å². The number of anilines is 1. The number of para-hydroxylation sites is 1. The number of nitrogens with zero attached hydrogens (tertiary/aromatic N) is 2. The van der Waals surface area contributed by atoms with E-state index in [1.54, 1.807) is 0 Å². The van der Waals surface area contributed by atoms with Gasteiger partial charge in [-0.2, -0.15) is 0 Å². The first-order valence-electron chi connectivity index (χ1n) is 10.3. The first-order chi connectivity index (χ1) is 13.2. The molecular weight excluding hydrogens is 332 g/mol. The monoisotopic (exact) mass is 364 g/mol. The second-order valence-corrected chi connectivity index (χ2v) is 7.63. The largest absolute Gasteiger partial charge is 0.309 e. The number of carbonyl (C=O) groups excluding carboxylic acids is 1. The maximum Gasteiger partial charge on any atom is 0.226 e. The Kier molecular flexibility index (Phi) is 7.05. The number of hydrogen-bond acceptors (Lipinski definition) is 2. The van der Waals surface area contributed by atoms with Crippen molar-refractivity contribution >= 4 is 11.6 Å². The third-order valence-corrected chi connectivity index (χ3v) is 5.80. The highest BCUT2D eigenvalue weighted by Gasteiger charge is 2.31. The van der Waals surface area contributed by atoms with Gasteiger partial charge in [-0.25, -0.2) is 0 Å². The lowest BCUT2D eigenvalue weighted by molar-refractivity contribution is -0.119. The fourth-order valence-corrected chi connectivity index (χ4v) is 4.20. The highest BCUT2D eigenvalue weighted by Crippen LogP contribution is 2.27. The van der Waals surface area contributed by atoms with Crippen molar-refractivity contribution in [2.75, 3.05) is 24.5 Å². The van der Waals surface area contributed by atoms with Crippen LogP contribution in [0.2, 0.25) is 0 Å². The Labute approximate surface area is 164 Å². The molecule has 0 radical (unpaired) electrons. The minimum absolute atomic E-state index is 0.218. The van der Waals surface area contributed by atoms with Crippen LogP contribution in [0.1, 0.15) is 38.7 Å². The minimum Gasteiger partial charge on any atom is -0.309 e. The van der Waals surface area contributed by atoms with Crippen LogP contribution in [-0.4, -0.2) is 36.5 Å². The molecule has 3 rings (SSSR count). The van der Waals surface area contributed by atoms with Gasteiger partial charge in [0.15, 0.2) is 0 Å². The second kappa shape index (κ2) is 9.70. The van der Waals surface area contributed by atoms with Crippen molar-refractivity contribution in [2.45, 2.75) is 45.6 Å². The van der Waals surface area contributed by atoms with Crippen LogP contribution in [0, 0.1) is 5.92 Å². The average Bonchev–Trinajstić information content (AvgIpc) is 2.74. The molecule has 0 saturated carbocycles. The minimum atomic E-state index is 0.218. The predicted molar refractivity (Wildman–Crippen MR) is 113 cm³/mol. The van der Waals surface area contributed by atoms with E-state index in [0.29, 0.717) is 12.3 Å². The molecular formula is C24H32N2O. The van der Waals surface area contributed by atoms with Crippen molar-refractivity contribution in [3.8, 4) is 0 Å². The van der Waals surface area contributed by atoms with Crippen molar-refractivity contribution in [3.05, 3.63) is 66.2 Å². The lowest BCUT2D eigenvalue weighted by Gasteiger charge is -2.40. The molecule has 0 N–H and O–H groups in total. The molecule has 27 heavy (non-hydrogen) atoms.